The number of aromatic nitrogens is 1. The van der Waals surface area contributed by atoms with Gasteiger partial charge >= 0.3 is 0 Å². The minimum absolute atomic E-state index is 0.287. The number of thiazole rings is 1. The van der Waals surface area contributed by atoms with Gasteiger partial charge in [0.05, 0.1) is 0 Å². The Labute approximate surface area is 108 Å². The molecular formula is C13H24N2OS. The molecule has 0 aliphatic rings. The van der Waals surface area contributed by atoms with Gasteiger partial charge in [-0.15, -0.1) is 11.3 Å². The summed E-state index contributed by atoms with van der Waals surface area (Å²) in [6.45, 7) is 8.59. The molecule has 1 rings (SSSR count). The topological polar surface area (TPSA) is 45.1 Å². The van der Waals surface area contributed by atoms with E-state index in [0.717, 1.165) is 30.2 Å². The Balaban J connectivity index is 2.26. The van der Waals surface area contributed by atoms with Gasteiger partial charge in [0.15, 0.2) is 0 Å². The highest BCUT2D eigenvalue weighted by Gasteiger charge is 2.10. The Morgan fingerprint density at radius 3 is 2.76 bits per heavy atom. The van der Waals surface area contributed by atoms with E-state index in [9.17, 15) is 0 Å². The molecule has 1 unspecified atom stereocenters. The average Bonchev–Trinajstić information content (AvgIpc) is 2.63. The first-order chi connectivity index (χ1) is 8.11. The van der Waals surface area contributed by atoms with Crippen molar-refractivity contribution in [1.82, 2.24) is 10.3 Å². The summed E-state index contributed by atoms with van der Waals surface area (Å²) in [5, 5.41) is 15.7. The lowest BCUT2D eigenvalue weighted by molar-refractivity contribution is 0.239. The summed E-state index contributed by atoms with van der Waals surface area (Å²) in [5.41, 5.74) is 1.10. The van der Waals surface area contributed by atoms with Crippen LogP contribution in [0.5, 0.6) is 0 Å². The third-order valence-electron chi connectivity index (χ3n) is 2.72. The maximum atomic E-state index is 9.03. The summed E-state index contributed by atoms with van der Waals surface area (Å²) >= 11 is 1.71. The molecule has 98 valence electrons. The van der Waals surface area contributed by atoms with Crippen molar-refractivity contribution >= 4 is 11.3 Å². The van der Waals surface area contributed by atoms with Gasteiger partial charge < -0.3 is 10.4 Å². The Bertz CT molecular complexity index is 312. The number of aryl methyl sites for hydroxylation is 1. The summed E-state index contributed by atoms with van der Waals surface area (Å²) in [5.74, 6) is 1.26. The predicted octanol–water partition coefficient (Wildman–Crippen LogP) is 2.59. The summed E-state index contributed by atoms with van der Waals surface area (Å²) in [7, 11) is 0. The summed E-state index contributed by atoms with van der Waals surface area (Å²) < 4.78 is 0. The van der Waals surface area contributed by atoms with Crippen LogP contribution < -0.4 is 5.32 Å². The SMILES string of the molecule is Cc1csc(CNCC(CCO)CC(C)C)n1. The highest BCUT2D eigenvalue weighted by molar-refractivity contribution is 7.09. The minimum Gasteiger partial charge on any atom is -0.396 e. The molecule has 0 aromatic carbocycles. The smallest absolute Gasteiger partial charge is 0.107 e. The summed E-state index contributed by atoms with van der Waals surface area (Å²) in [6, 6.07) is 0. The minimum atomic E-state index is 0.287. The lowest BCUT2D eigenvalue weighted by Gasteiger charge is -2.18. The Morgan fingerprint density at radius 2 is 2.24 bits per heavy atom. The van der Waals surface area contributed by atoms with E-state index in [1.54, 1.807) is 11.3 Å². The zero-order valence-corrected chi connectivity index (χ0v) is 11.9. The fraction of sp³-hybridized carbons (Fsp3) is 0.769. The van der Waals surface area contributed by atoms with Crippen molar-refractivity contribution in [2.24, 2.45) is 11.8 Å². The maximum Gasteiger partial charge on any atom is 0.107 e. The van der Waals surface area contributed by atoms with Crippen LogP contribution in [0.15, 0.2) is 5.38 Å². The monoisotopic (exact) mass is 256 g/mol. The Morgan fingerprint density at radius 1 is 1.47 bits per heavy atom. The average molecular weight is 256 g/mol. The van der Waals surface area contributed by atoms with E-state index in [1.165, 1.54) is 6.42 Å². The molecule has 0 aliphatic heterocycles. The molecule has 1 aromatic heterocycles. The van der Waals surface area contributed by atoms with Gasteiger partial charge in [0.1, 0.15) is 5.01 Å². The molecule has 0 fully saturated rings. The van der Waals surface area contributed by atoms with Gasteiger partial charge in [-0.05, 0) is 38.1 Å². The fourth-order valence-corrected chi connectivity index (χ4v) is 2.76. The van der Waals surface area contributed by atoms with E-state index in [0.29, 0.717) is 11.8 Å². The molecule has 0 radical (unpaired) electrons. The third kappa shape index (κ3) is 6.15. The molecule has 1 aromatic rings. The molecule has 0 saturated heterocycles. The second-order valence-electron chi connectivity index (χ2n) is 5.02. The molecule has 3 nitrogen and oxygen atoms in total. The van der Waals surface area contributed by atoms with E-state index in [1.807, 2.05) is 6.92 Å². The van der Waals surface area contributed by atoms with Gasteiger partial charge in [0, 0.05) is 24.2 Å². The predicted molar refractivity (Wildman–Crippen MR) is 73.2 cm³/mol. The van der Waals surface area contributed by atoms with Gasteiger partial charge in [0.25, 0.3) is 0 Å². The van der Waals surface area contributed by atoms with E-state index in [4.69, 9.17) is 5.11 Å². The van der Waals surface area contributed by atoms with Gasteiger partial charge in [0.2, 0.25) is 0 Å². The number of hydrogen-bond acceptors (Lipinski definition) is 4. The molecule has 0 saturated carbocycles. The first-order valence-corrected chi connectivity index (χ1v) is 7.22. The summed E-state index contributed by atoms with van der Waals surface area (Å²) in [6.07, 6.45) is 2.06. The Kier molecular flexibility index (Phi) is 6.70. The number of nitrogens with zero attached hydrogens (tertiary/aromatic N) is 1. The second-order valence-corrected chi connectivity index (χ2v) is 5.96. The van der Waals surface area contributed by atoms with Crippen LogP contribution >= 0.6 is 11.3 Å². The first kappa shape index (κ1) is 14.6. The normalized spacial score (nSPS) is 13.2. The lowest BCUT2D eigenvalue weighted by Crippen LogP contribution is -2.24. The highest BCUT2D eigenvalue weighted by atomic mass is 32.1. The van der Waals surface area contributed by atoms with Gasteiger partial charge in [-0.3, -0.25) is 0 Å². The summed E-state index contributed by atoms with van der Waals surface area (Å²) in [4.78, 5) is 4.42. The quantitative estimate of drug-likeness (QED) is 0.751. The van der Waals surface area contributed by atoms with E-state index >= 15 is 0 Å². The van der Waals surface area contributed by atoms with Gasteiger partial charge in [-0.1, -0.05) is 13.8 Å². The van der Waals surface area contributed by atoms with Crippen LogP contribution in [-0.2, 0) is 6.54 Å². The van der Waals surface area contributed by atoms with Crippen molar-refractivity contribution in [3.63, 3.8) is 0 Å². The van der Waals surface area contributed by atoms with Crippen LogP contribution in [0.2, 0.25) is 0 Å². The molecule has 1 atom stereocenters. The molecular weight excluding hydrogens is 232 g/mol. The van der Waals surface area contributed by atoms with Crippen LogP contribution in [0.1, 0.15) is 37.4 Å². The van der Waals surface area contributed by atoms with Crippen molar-refractivity contribution in [1.29, 1.82) is 0 Å². The third-order valence-corrected chi connectivity index (χ3v) is 3.68. The number of aliphatic hydroxyl groups excluding tert-OH is 1. The van der Waals surface area contributed by atoms with E-state index in [2.05, 4.69) is 29.5 Å². The first-order valence-electron chi connectivity index (χ1n) is 6.34. The molecule has 2 N–H and O–H groups in total. The van der Waals surface area contributed by atoms with Crippen LogP contribution in [0.4, 0.5) is 0 Å². The van der Waals surface area contributed by atoms with Crippen LogP contribution in [-0.4, -0.2) is 23.2 Å². The molecule has 0 spiro atoms. The highest BCUT2D eigenvalue weighted by Crippen LogP contribution is 2.15. The number of rotatable bonds is 8. The van der Waals surface area contributed by atoms with E-state index < -0.39 is 0 Å². The standard InChI is InChI=1S/C13H24N2OS/c1-10(2)6-12(4-5-16)7-14-8-13-15-11(3)9-17-13/h9-10,12,14,16H,4-8H2,1-3H3. The van der Waals surface area contributed by atoms with Crippen molar-refractivity contribution in [2.45, 2.75) is 40.2 Å². The molecule has 4 heteroatoms. The molecule has 0 amide bonds. The lowest BCUT2D eigenvalue weighted by atomic mass is 9.94. The molecule has 0 aliphatic carbocycles. The molecule has 17 heavy (non-hydrogen) atoms. The zero-order valence-electron chi connectivity index (χ0n) is 11.1. The number of nitrogens with one attached hydrogen (secondary N) is 1. The van der Waals surface area contributed by atoms with Crippen LogP contribution in [0, 0.1) is 18.8 Å². The van der Waals surface area contributed by atoms with Gasteiger partial charge in [-0.25, -0.2) is 4.98 Å². The number of aliphatic hydroxyl groups is 1. The largest absolute Gasteiger partial charge is 0.396 e. The van der Waals surface area contributed by atoms with Crippen LogP contribution in [0.3, 0.4) is 0 Å². The van der Waals surface area contributed by atoms with Crippen molar-refractivity contribution < 1.29 is 5.11 Å². The van der Waals surface area contributed by atoms with Crippen molar-refractivity contribution in [3.8, 4) is 0 Å². The maximum absolute atomic E-state index is 9.03. The number of hydrogen-bond donors (Lipinski definition) is 2. The van der Waals surface area contributed by atoms with Crippen molar-refractivity contribution in [3.05, 3.63) is 16.1 Å². The van der Waals surface area contributed by atoms with Gasteiger partial charge in [-0.2, -0.15) is 0 Å². The zero-order chi connectivity index (χ0) is 12.7. The second kappa shape index (κ2) is 7.80. The van der Waals surface area contributed by atoms with Crippen molar-refractivity contribution in [2.75, 3.05) is 13.2 Å². The fourth-order valence-electron chi connectivity index (χ4n) is 2.02. The molecule has 1 heterocycles. The van der Waals surface area contributed by atoms with E-state index in [-0.39, 0.29) is 6.61 Å². The van der Waals surface area contributed by atoms with Crippen LogP contribution in [0.25, 0.3) is 0 Å². The Hall–Kier alpha value is -0.450. The molecule has 0 bridgehead atoms.